The summed E-state index contributed by atoms with van der Waals surface area (Å²) in [6, 6.07) is 25.7. The van der Waals surface area contributed by atoms with Gasteiger partial charge in [0, 0.05) is 59.6 Å². The summed E-state index contributed by atoms with van der Waals surface area (Å²) in [4.78, 5) is 94.9. The summed E-state index contributed by atoms with van der Waals surface area (Å²) in [6.45, 7) is 0.537. The Morgan fingerprint density at radius 1 is 0.484 bits per heavy atom. The van der Waals surface area contributed by atoms with Crippen molar-refractivity contribution in [1.29, 1.82) is 0 Å². The van der Waals surface area contributed by atoms with E-state index in [0.29, 0.717) is 12.8 Å². The first-order chi connectivity index (χ1) is 30.0. The van der Waals surface area contributed by atoms with Gasteiger partial charge in [-0.2, -0.15) is 26.3 Å². The number of hydrogen-bond donors (Lipinski definition) is 8. The van der Waals surface area contributed by atoms with Crippen LogP contribution in [0.2, 0.25) is 0 Å². The predicted octanol–water partition coefficient (Wildman–Crippen LogP) is 2.56. The topological polar surface area (TPSA) is 277 Å². The van der Waals surface area contributed by atoms with E-state index in [1.54, 1.807) is 0 Å². The molecule has 0 unspecified atom stereocenters. The number of nitrogens with two attached hydrogens (primary N) is 2. The largest absolute Gasteiger partial charge is 0.490 e. The zero-order chi connectivity index (χ0) is 47.8. The number of ketones is 2. The number of alkyl halides is 6. The van der Waals surface area contributed by atoms with E-state index in [2.05, 4.69) is 21.3 Å². The Bertz CT molecular complexity index is 2180. The van der Waals surface area contributed by atoms with Gasteiger partial charge in [-0.15, -0.1) is 0 Å². The highest BCUT2D eigenvalue weighted by atomic mass is 19.4. The monoisotopic (exact) mass is 902 g/mol. The molecule has 22 heteroatoms. The average molecular weight is 903 g/mol. The number of benzene rings is 4. The number of carbonyl (C=O) groups excluding carboxylic acids is 6. The number of fused-ring (bicyclic) bond motifs is 2. The van der Waals surface area contributed by atoms with Crippen molar-refractivity contribution in [2.75, 3.05) is 26.2 Å². The maximum Gasteiger partial charge on any atom is 0.490 e. The Morgan fingerprint density at radius 2 is 0.781 bits per heavy atom. The highest BCUT2D eigenvalue weighted by Crippen LogP contribution is 2.29. The van der Waals surface area contributed by atoms with E-state index in [4.69, 9.17) is 31.3 Å². The summed E-state index contributed by atoms with van der Waals surface area (Å²) in [5.41, 5.74) is 14.6. The van der Waals surface area contributed by atoms with Crippen molar-refractivity contribution in [3.8, 4) is 0 Å². The fourth-order valence-corrected chi connectivity index (χ4v) is 5.54. The van der Waals surface area contributed by atoms with E-state index < -0.39 is 59.8 Å². The molecule has 0 spiro atoms. The molecule has 0 saturated carbocycles. The molecular weight excluding hydrogens is 862 g/mol. The lowest BCUT2D eigenvalue weighted by Gasteiger charge is -2.19. The lowest BCUT2D eigenvalue weighted by molar-refractivity contribution is -0.193. The molecule has 0 saturated heterocycles. The van der Waals surface area contributed by atoms with Crippen LogP contribution in [0.5, 0.6) is 0 Å². The van der Waals surface area contributed by atoms with Crippen LogP contribution < -0.4 is 32.7 Å². The van der Waals surface area contributed by atoms with Crippen LogP contribution in [0.15, 0.2) is 97.1 Å². The summed E-state index contributed by atoms with van der Waals surface area (Å²) in [5, 5.41) is 25.0. The molecule has 0 bridgehead atoms. The first-order valence-electron chi connectivity index (χ1n) is 18.7. The zero-order valence-electron chi connectivity index (χ0n) is 33.2. The number of nitrogens with one attached hydrogen (secondary N) is 4. The Balaban J connectivity index is 0.000000671. The Kier molecular flexibility index (Phi) is 18.4. The minimum atomic E-state index is -5.08. The second kappa shape index (κ2) is 23.1. The summed E-state index contributed by atoms with van der Waals surface area (Å²) in [7, 11) is 0. The summed E-state index contributed by atoms with van der Waals surface area (Å²) >= 11 is 0. The molecule has 340 valence electrons. The minimum absolute atomic E-state index is 0.0775. The number of amides is 4. The molecule has 0 aliphatic heterocycles. The van der Waals surface area contributed by atoms with Crippen molar-refractivity contribution < 1.29 is 74.9 Å². The standard InChI is InChI=1S/C38H38N6O6.2C2HF3O2/c39-31(19-23-7-3-1-4-8-23)37(49)43-17-15-41-35(47)25-11-13-27-29(21-25)33(45)28-14-12-26(22-30(28)34(27)46)36(48)42-16-18-44-38(50)32(40)20-24-9-5-2-6-10-24;2*3-2(4,5)1(6)7/h1-14,21-22,31-32H,15-20,39-40H2,(H,41,47)(H,42,48)(H,43,49)(H,44,50);2*(H,6,7)/t31-,32-;;/m0../s1. The van der Waals surface area contributed by atoms with E-state index >= 15 is 0 Å². The lowest BCUT2D eigenvalue weighted by Crippen LogP contribution is -2.44. The molecule has 1 aliphatic carbocycles. The van der Waals surface area contributed by atoms with Crippen LogP contribution in [0, 0.1) is 0 Å². The van der Waals surface area contributed by atoms with Crippen LogP contribution >= 0.6 is 0 Å². The van der Waals surface area contributed by atoms with Gasteiger partial charge in [-0.25, -0.2) is 9.59 Å². The van der Waals surface area contributed by atoms with Gasteiger partial charge in [0.1, 0.15) is 0 Å². The van der Waals surface area contributed by atoms with Crippen molar-refractivity contribution in [3.05, 3.63) is 142 Å². The van der Waals surface area contributed by atoms with Crippen molar-refractivity contribution in [3.63, 3.8) is 0 Å². The molecule has 0 radical (unpaired) electrons. The maximum atomic E-state index is 13.4. The summed E-state index contributed by atoms with van der Waals surface area (Å²) < 4.78 is 63.5. The number of rotatable bonds is 14. The third-order valence-electron chi connectivity index (χ3n) is 8.72. The quantitative estimate of drug-likeness (QED) is 0.0590. The van der Waals surface area contributed by atoms with Gasteiger partial charge in [-0.1, -0.05) is 60.7 Å². The van der Waals surface area contributed by atoms with E-state index in [0.717, 1.165) is 11.1 Å². The predicted molar refractivity (Wildman–Crippen MR) is 214 cm³/mol. The van der Waals surface area contributed by atoms with Gasteiger partial charge in [0.2, 0.25) is 11.8 Å². The number of carboxylic acid groups (broad SMARTS) is 2. The van der Waals surface area contributed by atoms with Gasteiger partial charge < -0.3 is 42.9 Å². The van der Waals surface area contributed by atoms with Crippen LogP contribution in [0.1, 0.15) is 63.7 Å². The van der Waals surface area contributed by atoms with Gasteiger partial charge in [0.25, 0.3) is 11.8 Å². The molecule has 4 aromatic carbocycles. The highest BCUT2D eigenvalue weighted by molar-refractivity contribution is 6.29. The van der Waals surface area contributed by atoms with Crippen molar-refractivity contribution in [2.24, 2.45) is 11.5 Å². The van der Waals surface area contributed by atoms with Gasteiger partial charge in [0.05, 0.1) is 12.1 Å². The van der Waals surface area contributed by atoms with Crippen LogP contribution in [0.4, 0.5) is 26.3 Å². The highest BCUT2D eigenvalue weighted by Gasteiger charge is 2.39. The molecule has 4 amide bonds. The number of carboxylic acids is 2. The van der Waals surface area contributed by atoms with Crippen molar-refractivity contribution >= 4 is 47.1 Å². The first-order valence-corrected chi connectivity index (χ1v) is 18.7. The third-order valence-corrected chi connectivity index (χ3v) is 8.72. The summed E-state index contributed by atoms with van der Waals surface area (Å²) in [5.74, 6) is -8.07. The second-order valence-corrected chi connectivity index (χ2v) is 13.5. The lowest BCUT2D eigenvalue weighted by atomic mass is 9.82. The second-order valence-electron chi connectivity index (χ2n) is 13.5. The first kappa shape index (κ1) is 50.9. The molecule has 16 nitrogen and oxygen atoms in total. The molecule has 4 aromatic rings. The van der Waals surface area contributed by atoms with Crippen LogP contribution in [0.25, 0.3) is 0 Å². The minimum Gasteiger partial charge on any atom is -0.475 e. The maximum absolute atomic E-state index is 13.4. The normalized spacial score (nSPS) is 12.6. The molecule has 10 N–H and O–H groups in total. The number of aliphatic carboxylic acids is 2. The van der Waals surface area contributed by atoms with E-state index in [9.17, 15) is 55.1 Å². The zero-order valence-corrected chi connectivity index (χ0v) is 33.2. The SMILES string of the molecule is N[C@@H](Cc1ccccc1)C(=O)NCCNC(=O)c1ccc2c(c1)C(=O)c1ccc(C(=O)NCCNC(=O)[C@@H](N)Cc3ccccc3)cc1C2=O.O=C(O)C(F)(F)F.O=C(O)C(F)(F)F. The average Bonchev–Trinajstić information content (AvgIpc) is 3.25. The molecule has 0 heterocycles. The van der Waals surface area contributed by atoms with Gasteiger partial charge in [0.15, 0.2) is 11.6 Å². The molecule has 1 aliphatic rings. The third kappa shape index (κ3) is 15.5. The van der Waals surface area contributed by atoms with Crippen LogP contribution in [-0.2, 0) is 32.0 Å². The number of halogens is 6. The molecular formula is C42H40F6N6O10. The Hall–Kier alpha value is -7.46. The molecule has 64 heavy (non-hydrogen) atoms. The van der Waals surface area contributed by atoms with Crippen LogP contribution in [-0.4, -0.2) is 108 Å². The smallest absolute Gasteiger partial charge is 0.475 e. The van der Waals surface area contributed by atoms with Crippen molar-refractivity contribution in [1.82, 2.24) is 21.3 Å². The van der Waals surface area contributed by atoms with Gasteiger partial charge in [-0.3, -0.25) is 28.8 Å². The van der Waals surface area contributed by atoms with Gasteiger partial charge in [-0.05, 0) is 60.4 Å². The fourth-order valence-electron chi connectivity index (χ4n) is 5.54. The van der Waals surface area contributed by atoms with E-state index in [-0.39, 0.29) is 71.4 Å². The molecule has 5 rings (SSSR count). The molecule has 0 aromatic heterocycles. The molecule has 0 fully saturated rings. The van der Waals surface area contributed by atoms with Crippen molar-refractivity contribution in [2.45, 2.75) is 37.3 Å². The Morgan fingerprint density at radius 3 is 1.08 bits per heavy atom. The summed E-state index contributed by atoms with van der Waals surface area (Å²) in [6.07, 6.45) is -9.41. The van der Waals surface area contributed by atoms with Crippen LogP contribution in [0.3, 0.4) is 0 Å². The van der Waals surface area contributed by atoms with E-state index in [1.165, 1.54) is 36.4 Å². The Labute approximate surface area is 359 Å². The number of hydrogen-bond acceptors (Lipinski definition) is 10. The van der Waals surface area contributed by atoms with E-state index in [1.807, 2.05) is 60.7 Å². The fraction of sp³-hybridized carbons (Fsp3) is 0.238. The number of carbonyl (C=O) groups is 8. The molecule has 2 atom stereocenters. The van der Waals surface area contributed by atoms with Gasteiger partial charge >= 0.3 is 24.3 Å².